The molecule has 3 aromatic carbocycles. The van der Waals surface area contributed by atoms with Crippen molar-refractivity contribution in [2.45, 2.75) is 17.7 Å². The van der Waals surface area contributed by atoms with Crippen LogP contribution in [-0.4, -0.2) is 32.8 Å². The zero-order valence-electron chi connectivity index (χ0n) is 19.7. The molecule has 10 heteroatoms. The SMILES string of the molecule is COc1cc(C)ccc1S(=O)(=O)NC(=O)C(c1ccc2c(c1)OCO2)c1cn(C)c2ccc(Br)cc12. The van der Waals surface area contributed by atoms with Crippen LogP contribution >= 0.6 is 15.9 Å². The Balaban J connectivity index is 1.63. The summed E-state index contributed by atoms with van der Waals surface area (Å²) in [5, 5.41) is 0.815. The predicted molar refractivity (Wildman–Crippen MR) is 138 cm³/mol. The first-order valence-corrected chi connectivity index (χ1v) is 13.3. The zero-order chi connectivity index (χ0) is 25.6. The predicted octanol–water partition coefficient (Wildman–Crippen LogP) is 4.62. The van der Waals surface area contributed by atoms with E-state index in [1.54, 1.807) is 30.3 Å². The van der Waals surface area contributed by atoms with Gasteiger partial charge in [0.1, 0.15) is 10.6 Å². The second kappa shape index (κ2) is 9.18. The van der Waals surface area contributed by atoms with Crippen molar-refractivity contribution < 1.29 is 27.4 Å². The van der Waals surface area contributed by atoms with Gasteiger partial charge in [0.25, 0.3) is 10.0 Å². The number of methoxy groups -OCH3 is 1. The number of ether oxygens (including phenoxy) is 3. The summed E-state index contributed by atoms with van der Waals surface area (Å²) in [6.45, 7) is 1.91. The maximum absolute atomic E-state index is 13.8. The molecule has 1 N–H and O–H groups in total. The molecule has 1 aliphatic rings. The average Bonchev–Trinajstić information content (AvgIpc) is 3.42. The standard InChI is InChI=1S/C26H23BrN2O6S/c1-15-4-9-24(23(10-15)33-3)36(31,32)28-26(30)25(16-5-8-21-22(11-16)35-14-34-21)19-13-29(2)20-7-6-17(27)12-18(19)20/h4-13,25H,14H2,1-3H3,(H,28,30). The third-order valence-corrected chi connectivity index (χ3v) is 8.01. The second-order valence-corrected chi connectivity index (χ2v) is 11.1. The van der Waals surface area contributed by atoms with Gasteiger partial charge in [-0.1, -0.05) is 28.1 Å². The van der Waals surface area contributed by atoms with E-state index in [1.165, 1.54) is 13.2 Å². The van der Waals surface area contributed by atoms with Crippen LogP contribution in [0.5, 0.6) is 17.2 Å². The smallest absolute Gasteiger partial charge is 0.267 e. The number of amides is 1. The molecule has 8 nitrogen and oxygen atoms in total. The molecule has 1 atom stereocenters. The molecule has 0 spiro atoms. The van der Waals surface area contributed by atoms with Crippen molar-refractivity contribution in [2.75, 3.05) is 13.9 Å². The lowest BCUT2D eigenvalue weighted by Gasteiger charge is -2.19. The highest BCUT2D eigenvalue weighted by Gasteiger charge is 2.32. The highest BCUT2D eigenvalue weighted by molar-refractivity contribution is 9.10. The first-order valence-electron chi connectivity index (χ1n) is 11.0. The van der Waals surface area contributed by atoms with E-state index in [0.29, 0.717) is 22.6 Å². The molecule has 36 heavy (non-hydrogen) atoms. The summed E-state index contributed by atoms with van der Waals surface area (Å²) in [5.74, 6) is -0.443. The second-order valence-electron chi connectivity index (χ2n) is 8.53. The van der Waals surface area contributed by atoms with Crippen LogP contribution in [0.3, 0.4) is 0 Å². The molecule has 1 unspecified atom stereocenters. The van der Waals surface area contributed by atoms with Gasteiger partial charge in [0, 0.05) is 28.6 Å². The third-order valence-electron chi connectivity index (χ3n) is 6.13. The number of sulfonamides is 1. The normalized spacial score (nSPS) is 13.6. The quantitative estimate of drug-likeness (QED) is 0.363. The van der Waals surface area contributed by atoms with Crippen molar-refractivity contribution in [3.05, 3.63) is 82.0 Å². The fourth-order valence-electron chi connectivity index (χ4n) is 4.43. The van der Waals surface area contributed by atoms with Crippen LogP contribution in [0.4, 0.5) is 0 Å². The van der Waals surface area contributed by atoms with Gasteiger partial charge in [-0.05, 0) is 66.1 Å². The van der Waals surface area contributed by atoms with E-state index in [-0.39, 0.29) is 17.4 Å². The molecular formula is C26H23BrN2O6S. The Bertz CT molecular complexity index is 1610. The number of nitrogens with zero attached hydrogens (tertiary/aromatic N) is 1. The summed E-state index contributed by atoms with van der Waals surface area (Å²) in [6, 6.07) is 15.6. The van der Waals surface area contributed by atoms with Crippen LogP contribution in [0.1, 0.15) is 22.6 Å². The average molecular weight is 571 g/mol. The Labute approximate surface area is 217 Å². The van der Waals surface area contributed by atoms with Gasteiger partial charge in [0.2, 0.25) is 12.7 Å². The Hall–Kier alpha value is -3.50. The van der Waals surface area contributed by atoms with E-state index in [4.69, 9.17) is 14.2 Å². The van der Waals surface area contributed by atoms with Crippen LogP contribution in [0.15, 0.2) is 70.2 Å². The van der Waals surface area contributed by atoms with Crippen molar-refractivity contribution >= 4 is 42.8 Å². The fourth-order valence-corrected chi connectivity index (χ4v) is 5.94. The van der Waals surface area contributed by atoms with Crippen LogP contribution in [0, 0.1) is 6.92 Å². The van der Waals surface area contributed by atoms with Crippen molar-refractivity contribution in [1.82, 2.24) is 9.29 Å². The molecule has 1 aromatic heterocycles. The first-order chi connectivity index (χ1) is 17.2. The fraction of sp³-hybridized carbons (Fsp3) is 0.192. The molecular weight excluding hydrogens is 548 g/mol. The topological polar surface area (TPSA) is 95.9 Å². The van der Waals surface area contributed by atoms with Gasteiger partial charge >= 0.3 is 0 Å². The highest BCUT2D eigenvalue weighted by atomic mass is 79.9. The molecule has 0 saturated heterocycles. The van der Waals surface area contributed by atoms with Crippen LogP contribution in [0.2, 0.25) is 0 Å². The Morgan fingerprint density at radius 3 is 2.64 bits per heavy atom. The summed E-state index contributed by atoms with van der Waals surface area (Å²) in [5.41, 5.74) is 2.94. The molecule has 1 amide bonds. The van der Waals surface area contributed by atoms with Gasteiger partial charge in [-0.15, -0.1) is 0 Å². The number of aromatic nitrogens is 1. The lowest BCUT2D eigenvalue weighted by molar-refractivity contribution is -0.119. The maximum Gasteiger partial charge on any atom is 0.267 e. The van der Waals surface area contributed by atoms with E-state index >= 15 is 0 Å². The zero-order valence-corrected chi connectivity index (χ0v) is 22.1. The van der Waals surface area contributed by atoms with Gasteiger partial charge in [-0.2, -0.15) is 0 Å². The molecule has 0 radical (unpaired) electrons. The molecule has 0 saturated carbocycles. The van der Waals surface area contributed by atoms with Crippen LogP contribution < -0.4 is 18.9 Å². The summed E-state index contributed by atoms with van der Waals surface area (Å²) in [6.07, 6.45) is 1.84. The molecule has 0 fully saturated rings. The molecule has 0 bridgehead atoms. The van der Waals surface area contributed by atoms with Crippen LogP contribution in [0.25, 0.3) is 10.9 Å². The van der Waals surface area contributed by atoms with E-state index in [2.05, 4.69) is 20.7 Å². The number of aryl methyl sites for hydroxylation is 2. The lowest BCUT2D eigenvalue weighted by atomic mass is 9.90. The van der Waals surface area contributed by atoms with Gasteiger partial charge in [-0.25, -0.2) is 13.1 Å². The third kappa shape index (κ3) is 4.31. The monoisotopic (exact) mass is 570 g/mol. The minimum atomic E-state index is -4.24. The van der Waals surface area contributed by atoms with E-state index in [1.807, 2.05) is 42.9 Å². The number of nitrogens with one attached hydrogen (secondary N) is 1. The number of rotatable bonds is 6. The number of carbonyl (C=O) groups excluding carboxylic acids is 1. The maximum atomic E-state index is 13.8. The van der Waals surface area contributed by atoms with Gasteiger partial charge in [0.15, 0.2) is 11.5 Å². The molecule has 4 aromatic rings. The van der Waals surface area contributed by atoms with E-state index in [0.717, 1.165) is 20.9 Å². The molecule has 1 aliphatic heterocycles. The molecule has 186 valence electrons. The molecule has 2 heterocycles. The van der Waals surface area contributed by atoms with Gasteiger partial charge in [-0.3, -0.25) is 4.79 Å². The number of hydrogen-bond donors (Lipinski definition) is 1. The van der Waals surface area contributed by atoms with Crippen molar-refractivity contribution in [3.8, 4) is 17.2 Å². The first kappa shape index (κ1) is 24.2. The minimum absolute atomic E-state index is 0.0818. The minimum Gasteiger partial charge on any atom is -0.495 e. The molecule has 0 aliphatic carbocycles. The summed E-state index contributed by atoms with van der Waals surface area (Å²) < 4.78 is 47.9. The number of carbonyl (C=O) groups is 1. The van der Waals surface area contributed by atoms with Gasteiger partial charge in [0.05, 0.1) is 13.0 Å². The molecule has 5 rings (SSSR count). The number of fused-ring (bicyclic) bond motifs is 2. The van der Waals surface area contributed by atoms with Crippen molar-refractivity contribution in [3.63, 3.8) is 0 Å². The number of benzene rings is 3. The Morgan fingerprint density at radius 1 is 1.08 bits per heavy atom. The van der Waals surface area contributed by atoms with Gasteiger partial charge < -0.3 is 18.8 Å². The Kier molecular flexibility index (Phi) is 6.17. The number of hydrogen-bond acceptors (Lipinski definition) is 6. The highest BCUT2D eigenvalue weighted by Crippen LogP contribution is 2.39. The largest absolute Gasteiger partial charge is 0.495 e. The summed E-state index contributed by atoms with van der Waals surface area (Å²) in [4.78, 5) is 13.7. The van der Waals surface area contributed by atoms with E-state index < -0.39 is 21.8 Å². The summed E-state index contributed by atoms with van der Waals surface area (Å²) >= 11 is 3.50. The van der Waals surface area contributed by atoms with Crippen molar-refractivity contribution in [1.29, 1.82) is 0 Å². The Morgan fingerprint density at radius 2 is 1.86 bits per heavy atom. The number of halogens is 1. The summed E-state index contributed by atoms with van der Waals surface area (Å²) in [7, 11) is -0.978. The van der Waals surface area contributed by atoms with Crippen molar-refractivity contribution in [2.24, 2.45) is 7.05 Å². The lowest BCUT2D eigenvalue weighted by Crippen LogP contribution is -2.35. The van der Waals surface area contributed by atoms with E-state index in [9.17, 15) is 13.2 Å². The van der Waals surface area contributed by atoms with Crippen LogP contribution in [-0.2, 0) is 21.9 Å².